The third kappa shape index (κ3) is 3.99. The van der Waals surface area contributed by atoms with Crippen LogP contribution < -0.4 is 10.6 Å². The highest BCUT2D eigenvalue weighted by molar-refractivity contribution is 6.31. The predicted molar refractivity (Wildman–Crippen MR) is 95.2 cm³/mol. The number of halogens is 1. The summed E-state index contributed by atoms with van der Waals surface area (Å²) in [6, 6.07) is 6.17. The summed E-state index contributed by atoms with van der Waals surface area (Å²) in [6.07, 6.45) is 6.74. The first-order valence-corrected chi connectivity index (χ1v) is 8.82. The van der Waals surface area contributed by atoms with Gasteiger partial charge in [0.2, 0.25) is 0 Å². The molecule has 1 fully saturated rings. The Kier molecular flexibility index (Phi) is 5.11. The van der Waals surface area contributed by atoms with E-state index >= 15 is 0 Å². The van der Waals surface area contributed by atoms with Crippen molar-refractivity contribution in [2.24, 2.45) is 0 Å². The number of rotatable bonds is 4. The predicted octanol–water partition coefficient (Wildman–Crippen LogP) is 4.30. The molecule has 1 aromatic heterocycles. The Morgan fingerprint density at radius 2 is 2.09 bits per heavy atom. The lowest BCUT2D eigenvalue weighted by molar-refractivity contribution is 0.233. The summed E-state index contributed by atoms with van der Waals surface area (Å²) in [5.74, 6) is 0. The molecule has 0 spiro atoms. The van der Waals surface area contributed by atoms with Gasteiger partial charge in [0, 0.05) is 34.2 Å². The van der Waals surface area contributed by atoms with Gasteiger partial charge in [-0.25, -0.2) is 4.79 Å². The van der Waals surface area contributed by atoms with Crippen LogP contribution in [-0.2, 0) is 6.42 Å². The van der Waals surface area contributed by atoms with Crippen LogP contribution in [0.1, 0.15) is 43.4 Å². The first kappa shape index (κ1) is 16.2. The van der Waals surface area contributed by atoms with Crippen LogP contribution in [0.2, 0.25) is 5.02 Å². The van der Waals surface area contributed by atoms with Gasteiger partial charge >= 0.3 is 6.03 Å². The number of urea groups is 1. The van der Waals surface area contributed by atoms with Crippen molar-refractivity contribution in [3.63, 3.8) is 0 Å². The topological polar surface area (TPSA) is 56.9 Å². The maximum absolute atomic E-state index is 12.0. The Balaban J connectivity index is 1.55. The molecule has 0 atom stereocenters. The smallest absolute Gasteiger partial charge is 0.315 e. The molecule has 2 amide bonds. The third-order valence-electron chi connectivity index (χ3n) is 4.68. The fourth-order valence-electron chi connectivity index (χ4n) is 3.46. The number of fused-ring (bicyclic) bond motifs is 1. The molecule has 1 aliphatic carbocycles. The molecule has 0 bridgehead atoms. The Morgan fingerprint density at radius 1 is 1.30 bits per heavy atom. The van der Waals surface area contributed by atoms with Crippen molar-refractivity contribution in [3.8, 4) is 0 Å². The van der Waals surface area contributed by atoms with Gasteiger partial charge in [-0.05, 0) is 49.9 Å². The highest BCUT2D eigenvalue weighted by Crippen LogP contribution is 2.25. The molecule has 3 rings (SSSR count). The highest BCUT2D eigenvalue weighted by atomic mass is 35.5. The fourth-order valence-corrected chi connectivity index (χ4v) is 3.63. The van der Waals surface area contributed by atoms with Gasteiger partial charge in [-0.1, -0.05) is 30.9 Å². The minimum absolute atomic E-state index is 0.0487. The van der Waals surface area contributed by atoms with Crippen molar-refractivity contribution < 1.29 is 4.79 Å². The number of H-pyrrole nitrogens is 1. The maximum Gasteiger partial charge on any atom is 0.315 e. The second-order valence-electron chi connectivity index (χ2n) is 6.40. The lowest BCUT2D eigenvalue weighted by atomic mass is 9.96. The largest absolute Gasteiger partial charge is 0.358 e. The molecule has 0 aliphatic heterocycles. The molecule has 2 aromatic rings. The van der Waals surface area contributed by atoms with Crippen molar-refractivity contribution in [1.29, 1.82) is 0 Å². The van der Waals surface area contributed by atoms with Crippen LogP contribution >= 0.6 is 11.6 Å². The fraction of sp³-hybridized carbons (Fsp3) is 0.500. The second kappa shape index (κ2) is 7.26. The van der Waals surface area contributed by atoms with Crippen LogP contribution in [0.3, 0.4) is 0 Å². The van der Waals surface area contributed by atoms with E-state index in [1.807, 2.05) is 18.2 Å². The molecule has 3 N–H and O–H groups in total. The van der Waals surface area contributed by atoms with Crippen molar-refractivity contribution >= 4 is 28.5 Å². The average molecular weight is 334 g/mol. The standard InChI is InChI=1S/C18H24ClN3O/c1-12-15(16-11-13(19)7-8-17(16)21-12)9-10-20-18(23)22-14-5-3-2-4-6-14/h7-8,11,14,21H,2-6,9-10H2,1H3,(H2,20,22,23). The molecule has 0 radical (unpaired) electrons. The summed E-state index contributed by atoms with van der Waals surface area (Å²) in [5.41, 5.74) is 3.45. The summed E-state index contributed by atoms with van der Waals surface area (Å²) < 4.78 is 0. The number of aromatic amines is 1. The summed E-state index contributed by atoms with van der Waals surface area (Å²) in [4.78, 5) is 15.4. The van der Waals surface area contributed by atoms with Crippen molar-refractivity contribution in [2.45, 2.75) is 51.5 Å². The van der Waals surface area contributed by atoms with Crippen LogP contribution in [0.5, 0.6) is 0 Å². The summed E-state index contributed by atoms with van der Waals surface area (Å²) in [7, 11) is 0. The highest BCUT2D eigenvalue weighted by Gasteiger charge is 2.15. The zero-order chi connectivity index (χ0) is 16.2. The van der Waals surface area contributed by atoms with E-state index in [4.69, 9.17) is 11.6 Å². The SMILES string of the molecule is Cc1[nH]c2ccc(Cl)cc2c1CCNC(=O)NC1CCCCC1. The number of hydrogen-bond acceptors (Lipinski definition) is 1. The number of aryl methyl sites for hydroxylation is 1. The van der Waals surface area contributed by atoms with Gasteiger partial charge < -0.3 is 15.6 Å². The van der Waals surface area contributed by atoms with Crippen LogP contribution in [0.4, 0.5) is 4.79 Å². The summed E-state index contributed by atoms with van der Waals surface area (Å²) >= 11 is 6.10. The molecular weight excluding hydrogens is 310 g/mol. The summed E-state index contributed by atoms with van der Waals surface area (Å²) in [5, 5.41) is 7.94. The van der Waals surface area contributed by atoms with E-state index in [0.29, 0.717) is 12.6 Å². The monoisotopic (exact) mass is 333 g/mol. The van der Waals surface area contributed by atoms with Crippen LogP contribution in [0.25, 0.3) is 10.9 Å². The van der Waals surface area contributed by atoms with E-state index in [2.05, 4.69) is 22.5 Å². The quantitative estimate of drug-likeness (QED) is 0.767. The number of amides is 2. The first-order valence-electron chi connectivity index (χ1n) is 8.44. The number of carbonyl (C=O) groups is 1. The van der Waals surface area contributed by atoms with Gasteiger partial charge in [0.25, 0.3) is 0 Å². The van der Waals surface area contributed by atoms with Gasteiger partial charge in [-0.15, -0.1) is 0 Å². The van der Waals surface area contributed by atoms with Crippen LogP contribution in [0.15, 0.2) is 18.2 Å². The van der Waals surface area contributed by atoms with E-state index in [1.165, 1.54) is 24.8 Å². The van der Waals surface area contributed by atoms with Gasteiger partial charge in [0.05, 0.1) is 0 Å². The number of aromatic nitrogens is 1. The lowest BCUT2D eigenvalue weighted by Gasteiger charge is -2.22. The number of benzene rings is 1. The second-order valence-corrected chi connectivity index (χ2v) is 6.84. The zero-order valence-corrected chi connectivity index (χ0v) is 14.3. The minimum atomic E-state index is -0.0487. The Hall–Kier alpha value is -1.68. The van der Waals surface area contributed by atoms with E-state index in [-0.39, 0.29) is 6.03 Å². The van der Waals surface area contributed by atoms with E-state index < -0.39 is 0 Å². The molecule has 1 aliphatic rings. The number of hydrogen-bond donors (Lipinski definition) is 3. The molecule has 124 valence electrons. The van der Waals surface area contributed by atoms with Gasteiger partial charge in [-0.3, -0.25) is 0 Å². The van der Waals surface area contributed by atoms with Crippen LogP contribution in [0, 0.1) is 6.92 Å². The number of nitrogens with one attached hydrogen (secondary N) is 3. The normalized spacial score (nSPS) is 15.7. The molecule has 0 saturated heterocycles. The Bertz CT molecular complexity index is 689. The molecule has 1 heterocycles. The van der Waals surface area contributed by atoms with Crippen molar-refractivity contribution in [3.05, 3.63) is 34.5 Å². The van der Waals surface area contributed by atoms with Gasteiger partial charge in [0.15, 0.2) is 0 Å². The lowest BCUT2D eigenvalue weighted by Crippen LogP contribution is -2.43. The van der Waals surface area contributed by atoms with Crippen molar-refractivity contribution in [1.82, 2.24) is 15.6 Å². The third-order valence-corrected chi connectivity index (χ3v) is 4.92. The molecular formula is C18H24ClN3O. The van der Waals surface area contributed by atoms with Gasteiger partial charge in [0.1, 0.15) is 0 Å². The first-order chi connectivity index (χ1) is 11.1. The van der Waals surface area contributed by atoms with Gasteiger partial charge in [-0.2, -0.15) is 0 Å². The summed E-state index contributed by atoms with van der Waals surface area (Å²) in [6.45, 7) is 2.68. The Labute approximate surface area is 142 Å². The zero-order valence-electron chi connectivity index (χ0n) is 13.5. The average Bonchev–Trinajstić information content (AvgIpc) is 2.84. The van der Waals surface area contributed by atoms with E-state index in [0.717, 1.165) is 40.9 Å². The molecule has 5 heteroatoms. The molecule has 1 saturated carbocycles. The van der Waals surface area contributed by atoms with Crippen LogP contribution in [-0.4, -0.2) is 23.6 Å². The number of carbonyl (C=O) groups excluding carboxylic acids is 1. The van der Waals surface area contributed by atoms with E-state index in [9.17, 15) is 4.79 Å². The molecule has 0 unspecified atom stereocenters. The van der Waals surface area contributed by atoms with Crippen molar-refractivity contribution in [2.75, 3.05) is 6.54 Å². The minimum Gasteiger partial charge on any atom is -0.358 e. The molecule has 23 heavy (non-hydrogen) atoms. The molecule has 4 nitrogen and oxygen atoms in total. The Morgan fingerprint density at radius 3 is 2.87 bits per heavy atom. The molecule has 1 aromatic carbocycles. The van der Waals surface area contributed by atoms with E-state index in [1.54, 1.807) is 0 Å². The maximum atomic E-state index is 12.0.